The second-order valence-electron chi connectivity index (χ2n) is 4.98. The fourth-order valence-corrected chi connectivity index (χ4v) is 2.70. The summed E-state index contributed by atoms with van der Waals surface area (Å²) < 4.78 is 0.548. The summed E-state index contributed by atoms with van der Waals surface area (Å²) in [4.78, 5) is 24.4. The molecule has 1 amide bonds. The van der Waals surface area contributed by atoms with Crippen molar-refractivity contribution in [1.82, 2.24) is 4.90 Å². The number of carbonyl (C=O) groups excluding carboxylic acids is 1. The maximum atomic E-state index is 12.5. The van der Waals surface area contributed by atoms with Gasteiger partial charge in [0.05, 0.1) is 10.5 Å². The van der Waals surface area contributed by atoms with Crippen LogP contribution in [-0.2, 0) is 0 Å². The first kappa shape index (κ1) is 14.9. The largest absolute Gasteiger partial charge is 0.337 e. The molecule has 1 aromatic rings. The number of amides is 1. The predicted octanol–water partition coefficient (Wildman–Crippen LogP) is 2.17. The van der Waals surface area contributed by atoms with E-state index in [0.29, 0.717) is 22.5 Å². The molecule has 1 fully saturated rings. The molecular formula is C13H16BrN3O3. The monoisotopic (exact) mass is 341 g/mol. The van der Waals surface area contributed by atoms with Crippen molar-refractivity contribution in [2.75, 3.05) is 13.6 Å². The fraction of sp³-hybridized carbons (Fsp3) is 0.462. The van der Waals surface area contributed by atoms with Crippen molar-refractivity contribution in [2.45, 2.75) is 18.9 Å². The second-order valence-corrected chi connectivity index (χ2v) is 5.83. The van der Waals surface area contributed by atoms with Gasteiger partial charge in [0.2, 0.25) is 0 Å². The van der Waals surface area contributed by atoms with Gasteiger partial charge in [-0.1, -0.05) is 0 Å². The summed E-state index contributed by atoms with van der Waals surface area (Å²) in [5.41, 5.74) is 5.93. The van der Waals surface area contributed by atoms with Gasteiger partial charge in [-0.25, -0.2) is 0 Å². The van der Waals surface area contributed by atoms with E-state index in [1.54, 1.807) is 11.9 Å². The van der Waals surface area contributed by atoms with E-state index in [9.17, 15) is 14.9 Å². The Kier molecular flexibility index (Phi) is 4.39. The highest BCUT2D eigenvalue weighted by Gasteiger charge is 2.35. The molecule has 108 valence electrons. The summed E-state index contributed by atoms with van der Waals surface area (Å²) in [6, 6.07) is 4.17. The highest BCUT2D eigenvalue weighted by atomic mass is 79.9. The Morgan fingerprint density at radius 2 is 2.25 bits per heavy atom. The van der Waals surface area contributed by atoms with Gasteiger partial charge < -0.3 is 10.6 Å². The number of nitro groups is 1. The summed E-state index contributed by atoms with van der Waals surface area (Å²) in [6.45, 7) is 0.402. The first-order valence-corrected chi connectivity index (χ1v) is 7.16. The molecule has 0 aromatic heterocycles. The van der Waals surface area contributed by atoms with Crippen molar-refractivity contribution in [3.63, 3.8) is 0 Å². The van der Waals surface area contributed by atoms with E-state index in [0.717, 1.165) is 12.8 Å². The van der Waals surface area contributed by atoms with Crippen LogP contribution < -0.4 is 5.73 Å². The minimum Gasteiger partial charge on any atom is -0.337 e. The number of likely N-dealkylation sites (N-methyl/N-ethyl adjacent to an activating group) is 1. The first-order chi connectivity index (χ1) is 9.45. The smallest absolute Gasteiger partial charge is 0.270 e. The van der Waals surface area contributed by atoms with Gasteiger partial charge >= 0.3 is 0 Å². The van der Waals surface area contributed by atoms with E-state index < -0.39 is 4.92 Å². The van der Waals surface area contributed by atoms with Crippen molar-refractivity contribution in [1.29, 1.82) is 0 Å². The van der Waals surface area contributed by atoms with E-state index in [1.165, 1.54) is 18.2 Å². The van der Waals surface area contributed by atoms with E-state index in [4.69, 9.17) is 5.73 Å². The molecule has 0 aliphatic heterocycles. The Labute approximate surface area is 125 Å². The van der Waals surface area contributed by atoms with Crippen LogP contribution in [0.4, 0.5) is 5.69 Å². The zero-order valence-corrected chi connectivity index (χ0v) is 12.7. The number of hydrogen-bond donors (Lipinski definition) is 1. The molecule has 0 saturated heterocycles. The summed E-state index contributed by atoms with van der Waals surface area (Å²) >= 11 is 3.27. The normalized spacial score (nSPS) is 15.8. The predicted molar refractivity (Wildman–Crippen MR) is 78.5 cm³/mol. The Morgan fingerprint density at radius 1 is 1.60 bits per heavy atom. The number of nitro benzene ring substituents is 1. The molecule has 6 nitrogen and oxygen atoms in total. The lowest BCUT2D eigenvalue weighted by Gasteiger charge is -2.27. The fourth-order valence-electron chi connectivity index (χ4n) is 2.28. The van der Waals surface area contributed by atoms with Crippen LogP contribution in [0.25, 0.3) is 0 Å². The minimum atomic E-state index is -0.509. The molecule has 1 saturated carbocycles. The van der Waals surface area contributed by atoms with E-state index in [2.05, 4.69) is 15.9 Å². The Hall–Kier alpha value is -1.47. The Morgan fingerprint density at radius 3 is 2.75 bits per heavy atom. The quantitative estimate of drug-likeness (QED) is 0.656. The topological polar surface area (TPSA) is 89.5 Å². The van der Waals surface area contributed by atoms with Gasteiger partial charge in [0.15, 0.2) is 0 Å². The van der Waals surface area contributed by atoms with Gasteiger partial charge in [0.25, 0.3) is 11.6 Å². The maximum absolute atomic E-state index is 12.5. The molecule has 20 heavy (non-hydrogen) atoms. The minimum absolute atomic E-state index is 0.00587. The summed E-state index contributed by atoms with van der Waals surface area (Å²) in [5, 5.41) is 10.8. The molecule has 0 spiro atoms. The number of nitrogens with zero attached hydrogens (tertiary/aromatic N) is 2. The molecule has 2 N–H and O–H groups in total. The molecule has 2 rings (SSSR count). The third-order valence-corrected chi connectivity index (χ3v) is 4.31. The van der Waals surface area contributed by atoms with Crippen LogP contribution in [-0.4, -0.2) is 35.4 Å². The van der Waals surface area contributed by atoms with Gasteiger partial charge in [-0.2, -0.15) is 0 Å². The zero-order chi connectivity index (χ0) is 14.9. The van der Waals surface area contributed by atoms with Crippen LogP contribution >= 0.6 is 15.9 Å². The lowest BCUT2D eigenvalue weighted by Crippen LogP contribution is -2.43. The molecule has 7 heteroatoms. The number of halogens is 1. The average molecular weight is 342 g/mol. The van der Waals surface area contributed by atoms with Gasteiger partial charge in [0.1, 0.15) is 0 Å². The average Bonchev–Trinajstić information content (AvgIpc) is 3.23. The Balaban J connectivity index is 2.27. The highest BCUT2D eigenvalue weighted by molar-refractivity contribution is 9.10. The van der Waals surface area contributed by atoms with Crippen molar-refractivity contribution in [2.24, 2.45) is 11.7 Å². The SMILES string of the molecule is CN(C(=O)c1cc([N+](=O)[O-])ccc1Br)C(CN)C1CC1. The number of benzene rings is 1. The molecule has 1 aliphatic rings. The third-order valence-electron chi connectivity index (χ3n) is 3.62. The molecule has 1 aromatic carbocycles. The number of non-ortho nitro benzene ring substituents is 1. The Bertz CT molecular complexity index is 546. The van der Waals surface area contributed by atoms with E-state index in [-0.39, 0.29) is 17.6 Å². The van der Waals surface area contributed by atoms with Crippen LogP contribution in [0.1, 0.15) is 23.2 Å². The third kappa shape index (κ3) is 2.99. The molecular weight excluding hydrogens is 326 g/mol. The van der Waals surface area contributed by atoms with Crippen molar-refractivity contribution in [3.8, 4) is 0 Å². The van der Waals surface area contributed by atoms with Crippen LogP contribution in [0.15, 0.2) is 22.7 Å². The first-order valence-electron chi connectivity index (χ1n) is 6.37. The molecule has 1 unspecified atom stereocenters. The summed E-state index contributed by atoms with van der Waals surface area (Å²) in [6.07, 6.45) is 2.16. The maximum Gasteiger partial charge on any atom is 0.270 e. The van der Waals surface area contributed by atoms with Crippen LogP contribution in [0.3, 0.4) is 0 Å². The van der Waals surface area contributed by atoms with Crippen LogP contribution in [0.5, 0.6) is 0 Å². The van der Waals surface area contributed by atoms with Gasteiger partial charge in [-0.15, -0.1) is 0 Å². The van der Waals surface area contributed by atoms with Crippen molar-refractivity contribution in [3.05, 3.63) is 38.3 Å². The lowest BCUT2D eigenvalue weighted by atomic mass is 10.1. The number of nitrogens with two attached hydrogens (primary N) is 1. The van der Waals surface area contributed by atoms with Gasteiger partial charge in [-0.05, 0) is 40.8 Å². The van der Waals surface area contributed by atoms with Crippen LogP contribution in [0, 0.1) is 16.0 Å². The zero-order valence-electron chi connectivity index (χ0n) is 11.1. The van der Waals surface area contributed by atoms with Crippen molar-refractivity contribution >= 4 is 27.5 Å². The number of rotatable bonds is 5. The van der Waals surface area contributed by atoms with Crippen molar-refractivity contribution < 1.29 is 9.72 Å². The highest BCUT2D eigenvalue weighted by Crippen LogP contribution is 2.35. The van der Waals surface area contributed by atoms with E-state index in [1.807, 2.05) is 0 Å². The number of carbonyl (C=O) groups is 1. The van der Waals surface area contributed by atoms with Crippen LogP contribution in [0.2, 0.25) is 0 Å². The standard InChI is InChI=1S/C13H16BrN3O3/c1-16(12(7-15)8-2-3-8)13(18)10-6-9(17(19)20)4-5-11(10)14/h4-6,8,12H,2-3,7,15H2,1H3. The van der Waals surface area contributed by atoms with Gasteiger partial charge in [-0.3, -0.25) is 14.9 Å². The lowest BCUT2D eigenvalue weighted by molar-refractivity contribution is -0.384. The van der Waals surface area contributed by atoms with Gasteiger partial charge in [0, 0.05) is 36.2 Å². The second kappa shape index (κ2) is 5.88. The molecule has 1 aliphatic carbocycles. The number of hydrogen-bond acceptors (Lipinski definition) is 4. The summed E-state index contributed by atoms with van der Waals surface area (Å²) in [7, 11) is 1.70. The van der Waals surface area contributed by atoms with E-state index >= 15 is 0 Å². The summed E-state index contributed by atoms with van der Waals surface area (Å²) in [5.74, 6) is 0.203. The molecule has 0 heterocycles. The molecule has 0 radical (unpaired) electrons. The molecule has 1 atom stereocenters. The molecule has 0 bridgehead atoms.